The zero-order chi connectivity index (χ0) is 24.6. The summed E-state index contributed by atoms with van der Waals surface area (Å²) in [4.78, 5) is 29.4. The molecular weight excluding hydrogens is 446 g/mol. The fourth-order valence-electron chi connectivity index (χ4n) is 3.61. The van der Waals surface area contributed by atoms with Crippen LogP contribution in [0.15, 0.2) is 54.9 Å². The van der Waals surface area contributed by atoms with E-state index in [1.165, 1.54) is 5.56 Å². The first kappa shape index (κ1) is 27.9. The number of thioether (sulfide) groups is 1. The lowest BCUT2D eigenvalue weighted by atomic mass is 10.0. The van der Waals surface area contributed by atoms with Crippen LogP contribution in [0.5, 0.6) is 0 Å². The lowest BCUT2D eigenvalue weighted by molar-refractivity contribution is -0.118. The summed E-state index contributed by atoms with van der Waals surface area (Å²) >= 11 is 1.63. The summed E-state index contributed by atoms with van der Waals surface area (Å²) in [6, 6.07) is 13.3. The Kier molecular flexibility index (Phi) is 13.3. The Morgan fingerprint density at radius 3 is 2.47 bits per heavy atom. The van der Waals surface area contributed by atoms with E-state index in [0.29, 0.717) is 18.2 Å². The molecule has 2 N–H and O–H groups in total. The summed E-state index contributed by atoms with van der Waals surface area (Å²) in [6.07, 6.45) is 6.75. The van der Waals surface area contributed by atoms with Crippen molar-refractivity contribution >= 4 is 23.6 Å². The van der Waals surface area contributed by atoms with Crippen molar-refractivity contribution in [1.82, 2.24) is 15.6 Å². The van der Waals surface area contributed by atoms with E-state index < -0.39 is 6.09 Å². The zero-order valence-electron chi connectivity index (χ0n) is 20.7. The number of pyridine rings is 1. The van der Waals surface area contributed by atoms with Gasteiger partial charge in [0.2, 0.25) is 0 Å². The van der Waals surface area contributed by atoms with Crippen molar-refractivity contribution in [3.05, 3.63) is 66.0 Å². The molecule has 6 nitrogen and oxygen atoms in total. The molecule has 2 aromatic rings. The molecule has 0 aliphatic carbocycles. The first-order chi connectivity index (χ1) is 16.5. The Labute approximate surface area is 208 Å². The third-order valence-electron chi connectivity index (χ3n) is 5.40. The van der Waals surface area contributed by atoms with Crippen molar-refractivity contribution in [3.63, 3.8) is 0 Å². The summed E-state index contributed by atoms with van der Waals surface area (Å²) in [7, 11) is 0. The Hall–Kier alpha value is -2.38. The maximum Gasteiger partial charge on any atom is 0.407 e. The number of carbonyl (C=O) groups is 2. The molecule has 0 saturated carbocycles. The topological polar surface area (TPSA) is 80.3 Å². The van der Waals surface area contributed by atoms with Crippen LogP contribution in [0.1, 0.15) is 57.6 Å². The highest BCUT2D eigenvalue weighted by Crippen LogP contribution is 2.14. The molecule has 1 aromatic carbocycles. The van der Waals surface area contributed by atoms with E-state index in [1.807, 2.05) is 42.5 Å². The Morgan fingerprint density at radius 1 is 1.06 bits per heavy atom. The summed E-state index contributed by atoms with van der Waals surface area (Å²) < 4.78 is 5.40. The first-order valence-electron chi connectivity index (χ1n) is 12.2. The Bertz CT molecular complexity index is 834. The largest absolute Gasteiger partial charge is 0.445 e. The second kappa shape index (κ2) is 16.3. The van der Waals surface area contributed by atoms with Gasteiger partial charge in [0.25, 0.3) is 0 Å². The van der Waals surface area contributed by atoms with Crippen LogP contribution in [0.25, 0.3) is 0 Å². The number of nitrogens with zero attached hydrogens (tertiary/aromatic N) is 1. The van der Waals surface area contributed by atoms with Crippen molar-refractivity contribution in [2.24, 2.45) is 5.92 Å². The molecule has 0 saturated heterocycles. The molecule has 186 valence electrons. The highest BCUT2D eigenvalue weighted by atomic mass is 32.2. The van der Waals surface area contributed by atoms with Crippen molar-refractivity contribution in [2.45, 2.75) is 70.9 Å². The van der Waals surface area contributed by atoms with Crippen molar-refractivity contribution in [2.75, 3.05) is 12.3 Å². The van der Waals surface area contributed by atoms with E-state index in [1.54, 1.807) is 24.2 Å². The number of hydrogen-bond donors (Lipinski definition) is 2. The minimum atomic E-state index is -0.430. The highest BCUT2D eigenvalue weighted by Gasteiger charge is 2.21. The fourth-order valence-corrected chi connectivity index (χ4v) is 4.55. The molecule has 0 fully saturated rings. The second-order valence-corrected chi connectivity index (χ2v) is 9.94. The summed E-state index contributed by atoms with van der Waals surface area (Å²) in [5.74, 6) is 1.87. The summed E-state index contributed by atoms with van der Waals surface area (Å²) in [5.41, 5.74) is 2.12. The van der Waals surface area contributed by atoms with Crippen molar-refractivity contribution in [1.29, 1.82) is 0 Å². The SMILES string of the molecule is CCCCC(NCC(CC(C)C)NC(=O)OCc1ccccc1)C(=O)CSCc1ccncc1. The summed E-state index contributed by atoms with van der Waals surface area (Å²) in [6.45, 7) is 7.15. The fraction of sp³-hybridized carbons (Fsp3) is 0.519. The predicted octanol–water partition coefficient (Wildman–Crippen LogP) is 5.37. The molecule has 0 aliphatic rings. The zero-order valence-corrected chi connectivity index (χ0v) is 21.5. The molecule has 0 spiro atoms. The molecule has 2 atom stereocenters. The number of nitrogens with one attached hydrogen (secondary N) is 2. The smallest absolute Gasteiger partial charge is 0.407 e. The second-order valence-electron chi connectivity index (χ2n) is 8.95. The standard InChI is InChI=1S/C27H39N3O3S/c1-4-5-11-25(26(31)20-34-19-23-12-14-28-15-13-23)29-17-24(16-21(2)3)30-27(32)33-18-22-9-7-6-8-10-22/h6-10,12-15,21,24-25,29H,4-5,11,16-20H2,1-3H3,(H,30,32). The van der Waals surface area contributed by atoms with Crippen LogP contribution in [-0.4, -0.2) is 41.2 Å². The van der Waals surface area contributed by atoms with Crippen LogP contribution in [-0.2, 0) is 21.9 Å². The molecule has 1 amide bonds. The minimum absolute atomic E-state index is 0.107. The molecule has 34 heavy (non-hydrogen) atoms. The maximum atomic E-state index is 12.9. The Balaban J connectivity index is 1.85. The average Bonchev–Trinajstić information content (AvgIpc) is 2.83. The number of aromatic nitrogens is 1. The van der Waals surface area contributed by atoms with Gasteiger partial charge in [-0.2, -0.15) is 0 Å². The van der Waals surface area contributed by atoms with Gasteiger partial charge in [-0.15, -0.1) is 11.8 Å². The van der Waals surface area contributed by atoms with Gasteiger partial charge in [0.1, 0.15) is 6.61 Å². The Morgan fingerprint density at radius 2 is 1.79 bits per heavy atom. The molecule has 7 heteroatoms. The number of Topliss-reactive ketones (excluding diaryl/α,β-unsaturated/α-hetero) is 1. The monoisotopic (exact) mass is 485 g/mol. The number of alkyl carbamates (subject to hydrolysis) is 1. The van der Waals surface area contributed by atoms with Gasteiger partial charge < -0.3 is 15.4 Å². The minimum Gasteiger partial charge on any atom is -0.445 e. The van der Waals surface area contributed by atoms with E-state index in [4.69, 9.17) is 4.74 Å². The van der Waals surface area contributed by atoms with Crippen molar-refractivity contribution in [3.8, 4) is 0 Å². The molecule has 0 aliphatic heterocycles. The van der Waals surface area contributed by atoms with E-state index in [0.717, 1.165) is 37.0 Å². The first-order valence-corrected chi connectivity index (χ1v) is 13.3. The quantitative estimate of drug-likeness (QED) is 0.333. The molecule has 1 aromatic heterocycles. The maximum absolute atomic E-state index is 12.9. The molecular formula is C27H39N3O3S. The van der Waals surface area contributed by atoms with Crippen molar-refractivity contribution < 1.29 is 14.3 Å². The van der Waals surface area contributed by atoms with E-state index in [2.05, 4.69) is 36.4 Å². The van der Waals surface area contributed by atoms with Gasteiger partial charge in [0.05, 0.1) is 11.8 Å². The number of rotatable bonds is 16. The normalized spacial score (nSPS) is 12.8. The van der Waals surface area contributed by atoms with Crippen LogP contribution < -0.4 is 10.6 Å². The van der Waals surface area contributed by atoms with Crippen LogP contribution in [0.4, 0.5) is 4.79 Å². The van der Waals surface area contributed by atoms with E-state index >= 15 is 0 Å². The van der Waals surface area contributed by atoms with Gasteiger partial charge in [-0.25, -0.2) is 4.79 Å². The average molecular weight is 486 g/mol. The van der Waals surface area contributed by atoms with Crippen LogP contribution in [0, 0.1) is 5.92 Å². The lowest BCUT2D eigenvalue weighted by Gasteiger charge is -2.24. The van der Waals surface area contributed by atoms with Crippen LogP contribution >= 0.6 is 11.8 Å². The molecule has 1 heterocycles. The summed E-state index contributed by atoms with van der Waals surface area (Å²) in [5, 5.41) is 6.43. The van der Waals surface area contributed by atoms with Gasteiger partial charge >= 0.3 is 6.09 Å². The van der Waals surface area contributed by atoms with Gasteiger partial charge in [-0.05, 0) is 42.0 Å². The van der Waals surface area contributed by atoms with E-state index in [9.17, 15) is 9.59 Å². The van der Waals surface area contributed by atoms with Gasteiger partial charge in [-0.3, -0.25) is 9.78 Å². The predicted molar refractivity (Wildman–Crippen MR) is 140 cm³/mol. The lowest BCUT2D eigenvalue weighted by Crippen LogP contribution is -2.48. The number of amides is 1. The third kappa shape index (κ3) is 11.7. The number of ether oxygens (including phenoxy) is 1. The van der Waals surface area contributed by atoms with Gasteiger partial charge in [0, 0.05) is 30.7 Å². The van der Waals surface area contributed by atoms with Gasteiger partial charge in [0.15, 0.2) is 5.78 Å². The van der Waals surface area contributed by atoms with Crippen LogP contribution in [0.2, 0.25) is 0 Å². The number of carbonyl (C=O) groups excluding carboxylic acids is 2. The molecule has 0 bridgehead atoms. The number of benzene rings is 1. The molecule has 0 radical (unpaired) electrons. The number of ketones is 1. The van der Waals surface area contributed by atoms with E-state index in [-0.39, 0.29) is 24.5 Å². The van der Waals surface area contributed by atoms with Gasteiger partial charge in [-0.1, -0.05) is 63.9 Å². The number of hydrogen-bond acceptors (Lipinski definition) is 6. The number of unbranched alkanes of at least 4 members (excludes halogenated alkanes) is 1. The highest BCUT2D eigenvalue weighted by molar-refractivity contribution is 7.99. The third-order valence-corrected chi connectivity index (χ3v) is 6.42. The molecule has 2 unspecified atom stereocenters. The molecule has 2 rings (SSSR count). The van der Waals surface area contributed by atoms with Crippen LogP contribution in [0.3, 0.4) is 0 Å².